The molecule has 0 amide bonds. The molecule has 1 aromatic carbocycles. The summed E-state index contributed by atoms with van der Waals surface area (Å²) in [5.41, 5.74) is 2.47. The molecular formula is C14H21N3. The molecule has 3 nitrogen and oxygen atoms in total. The van der Waals surface area contributed by atoms with Gasteiger partial charge in [-0.1, -0.05) is 25.1 Å². The molecule has 17 heavy (non-hydrogen) atoms. The zero-order valence-corrected chi connectivity index (χ0v) is 10.7. The van der Waals surface area contributed by atoms with Crippen molar-refractivity contribution in [2.24, 2.45) is 7.05 Å². The number of hydrogen-bond donors (Lipinski definition) is 1. The van der Waals surface area contributed by atoms with Gasteiger partial charge in [0.05, 0.1) is 11.2 Å². The fourth-order valence-corrected chi connectivity index (χ4v) is 2.19. The summed E-state index contributed by atoms with van der Waals surface area (Å²) < 4.78 is 1.98. The number of nitrogens with one attached hydrogen (secondary N) is 1. The molecule has 0 spiro atoms. The molecule has 0 unspecified atom stereocenters. The van der Waals surface area contributed by atoms with Crippen LogP contribution in [0.1, 0.15) is 25.5 Å². The molecule has 92 valence electrons. The summed E-state index contributed by atoms with van der Waals surface area (Å²) >= 11 is 0. The SMILES string of the molecule is CCNCCCCc1nn(C)c2ccccc12. The average molecular weight is 231 g/mol. The van der Waals surface area contributed by atoms with Gasteiger partial charge in [0.1, 0.15) is 0 Å². The molecule has 1 heterocycles. The van der Waals surface area contributed by atoms with Crippen LogP contribution in [0.3, 0.4) is 0 Å². The summed E-state index contributed by atoms with van der Waals surface area (Å²) in [5.74, 6) is 0. The van der Waals surface area contributed by atoms with Gasteiger partial charge in [-0.25, -0.2) is 0 Å². The third kappa shape index (κ3) is 2.86. The van der Waals surface area contributed by atoms with Crippen LogP contribution >= 0.6 is 0 Å². The number of aryl methyl sites for hydroxylation is 2. The smallest absolute Gasteiger partial charge is 0.0703 e. The minimum absolute atomic E-state index is 1.06. The van der Waals surface area contributed by atoms with Crippen LogP contribution in [-0.2, 0) is 13.5 Å². The van der Waals surface area contributed by atoms with Gasteiger partial charge in [-0.05, 0) is 38.4 Å². The Morgan fingerprint density at radius 1 is 1.24 bits per heavy atom. The molecule has 0 saturated carbocycles. The molecule has 2 aromatic rings. The predicted molar refractivity (Wildman–Crippen MR) is 72.2 cm³/mol. The van der Waals surface area contributed by atoms with Crippen LogP contribution in [0.2, 0.25) is 0 Å². The van der Waals surface area contributed by atoms with Gasteiger partial charge in [0.15, 0.2) is 0 Å². The van der Waals surface area contributed by atoms with Crippen molar-refractivity contribution in [2.75, 3.05) is 13.1 Å². The van der Waals surface area contributed by atoms with Crippen molar-refractivity contribution in [1.29, 1.82) is 0 Å². The molecule has 1 N–H and O–H groups in total. The Morgan fingerprint density at radius 3 is 2.88 bits per heavy atom. The van der Waals surface area contributed by atoms with Gasteiger partial charge in [0.2, 0.25) is 0 Å². The van der Waals surface area contributed by atoms with E-state index in [4.69, 9.17) is 0 Å². The second-order valence-electron chi connectivity index (χ2n) is 4.40. The molecule has 0 radical (unpaired) electrons. The van der Waals surface area contributed by atoms with Crippen LogP contribution in [0, 0.1) is 0 Å². The van der Waals surface area contributed by atoms with Crippen LogP contribution in [0.15, 0.2) is 24.3 Å². The van der Waals surface area contributed by atoms with E-state index < -0.39 is 0 Å². The van der Waals surface area contributed by atoms with E-state index in [1.807, 2.05) is 11.7 Å². The van der Waals surface area contributed by atoms with Gasteiger partial charge in [0.25, 0.3) is 0 Å². The lowest BCUT2D eigenvalue weighted by Crippen LogP contribution is -2.13. The molecule has 0 aliphatic carbocycles. The van der Waals surface area contributed by atoms with Crippen molar-refractivity contribution >= 4 is 10.9 Å². The molecule has 1 aromatic heterocycles. The maximum Gasteiger partial charge on any atom is 0.0703 e. The van der Waals surface area contributed by atoms with Crippen LogP contribution in [-0.4, -0.2) is 22.9 Å². The number of rotatable bonds is 6. The topological polar surface area (TPSA) is 29.9 Å². The number of fused-ring (bicyclic) bond motifs is 1. The Hall–Kier alpha value is -1.35. The number of benzene rings is 1. The molecule has 0 fully saturated rings. The molecule has 0 saturated heterocycles. The maximum absolute atomic E-state index is 4.60. The highest BCUT2D eigenvalue weighted by Crippen LogP contribution is 2.18. The van der Waals surface area contributed by atoms with E-state index >= 15 is 0 Å². The van der Waals surface area contributed by atoms with Gasteiger partial charge in [-0.15, -0.1) is 0 Å². The number of aromatic nitrogens is 2. The normalized spacial score (nSPS) is 11.2. The lowest BCUT2D eigenvalue weighted by molar-refractivity contribution is 0.632. The summed E-state index contributed by atoms with van der Waals surface area (Å²) in [4.78, 5) is 0. The second-order valence-corrected chi connectivity index (χ2v) is 4.40. The summed E-state index contributed by atoms with van der Waals surface area (Å²) in [7, 11) is 2.02. The predicted octanol–water partition coefficient (Wildman–Crippen LogP) is 2.51. The van der Waals surface area contributed by atoms with Crippen LogP contribution in [0.4, 0.5) is 0 Å². The zero-order valence-electron chi connectivity index (χ0n) is 10.7. The van der Waals surface area contributed by atoms with Crippen LogP contribution in [0.5, 0.6) is 0 Å². The van der Waals surface area contributed by atoms with Crippen molar-refractivity contribution in [1.82, 2.24) is 15.1 Å². The van der Waals surface area contributed by atoms with Crippen molar-refractivity contribution < 1.29 is 0 Å². The van der Waals surface area contributed by atoms with Crippen LogP contribution in [0.25, 0.3) is 10.9 Å². The number of para-hydroxylation sites is 1. The lowest BCUT2D eigenvalue weighted by Gasteiger charge is -2.00. The summed E-state index contributed by atoms with van der Waals surface area (Å²) in [6, 6.07) is 8.46. The Kier molecular flexibility index (Phi) is 4.15. The largest absolute Gasteiger partial charge is 0.317 e. The summed E-state index contributed by atoms with van der Waals surface area (Å²) in [6.45, 7) is 4.32. The van der Waals surface area contributed by atoms with E-state index in [1.54, 1.807) is 0 Å². The molecule has 2 rings (SSSR count). The Bertz CT molecular complexity index is 473. The van der Waals surface area contributed by atoms with Gasteiger partial charge in [-0.2, -0.15) is 5.10 Å². The highest BCUT2D eigenvalue weighted by atomic mass is 15.3. The average Bonchev–Trinajstić information content (AvgIpc) is 2.67. The van der Waals surface area contributed by atoms with Gasteiger partial charge >= 0.3 is 0 Å². The highest BCUT2D eigenvalue weighted by molar-refractivity contribution is 5.81. The van der Waals surface area contributed by atoms with Gasteiger partial charge in [0, 0.05) is 12.4 Å². The van der Waals surface area contributed by atoms with E-state index in [0.29, 0.717) is 0 Å². The van der Waals surface area contributed by atoms with E-state index in [0.717, 1.165) is 19.5 Å². The Labute approximate surface area is 103 Å². The molecule has 3 heteroatoms. The van der Waals surface area contributed by atoms with Crippen LogP contribution < -0.4 is 5.32 Å². The molecule has 0 aliphatic rings. The molecular weight excluding hydrogens is 210 g/mol. The third-order valence-electron chi connectivity index (χ3n) is 3.10. The fraction of sp³-hybridized carbons (Fsp3) is 0.500. The lowest BCUT2D eigenvalue weighted by atomic mass is 10.1. The molecule has 0 bridgehead atoms. The van der Waals surface area contributed by atoms with Gasteiger partial charge < -0.3 is 5.32 Å². The van der Waals surface area contributed by atoms with E-state index in [-0.39, 0.29) is 0 Å². The van der Waals surface area contributed by atoms with E-state index in [2.05, 4.69) is 41.6 Å². The van der Waals surface area contributed by atoms with Gasteiger partial charge in [-0.3, -0.25) is 4.68 Å². The first-order valence-electron chi connectivity index (χ1n) is 6.44. The summed E-state index contributed by atoms with van der Waals surface area (Å²) in [6.07, 6.45) is 3.50. The fourth-order valence-electron chi connectivity index (χ4n) is 2.19. The number of unbranched alkanes of at least 4 members (excludes halogenated alkanes) is 1. The van der Waals surface area contributed by atoms with Crippen molar-refractivity contribution in [2.45, 2.75) is 26.2 Å². The third-order valence-corrected chi connectivity index (χ3v) is 3.10. The monoisotopic (exact) mass is 231 g/mol. The van der Waals surface area contributed by atoms with E-state index in [1.165, 1.54) is 29.4 Å². The minimum atomic E-state index is 1.06. The maximum atomic E-state index is 4.60. The van der Waals surface area contributed by atoms with E-state index in [9.17, 15) is 0 Å². The number of nitrogens with zero attached hydrogens (tertiary/aromatic N) is 2. The summed E-state index contributed by atoms with van der Waals surface area (Å²) in [5, 5.41) is 9.26. The first-order chi connectivity index (χ1) is 8.33. The first kappa shape index (κ1) is 12.1. The minimum Gasteiger partial charge on any atom is -0.317 e. The standard InChI is InChI=1S/C14H21N3/c1-3-15-11-7-6-9-13-12-8-4-5-10-14(12)17(2)16-13/h4-5,8,10,15H,3,6-7,9,11H2,1-2H3. The van der Waals surface area contributed by atoms with Crippen molar-refractivity contribution in [3.8, 4) is 0 Å². The number of hydrogen-bond acceptors (Lipinski definition) is 2. The second kappa shape index (κ2) is 5.82. The van der Waals surface area contributed by atoms with Crippen molar-refractivity contribution in [3.63, 3.8) is 0 Å². The van der Waals surface area contributed by atoms with Crippen molar-refractivity contribution in [3.05, 3.63) is 30.0 Å². The Balaban J connectivity index is 1.99. The molecule has 0 atom stereocenters. The first-order valence-corrected chi connectivity index (χ1v) is 6.44. The highest BCUT2D eigenvalue weighted by Gasteiger charge is 2.06. The molecule has 0 aliphatic heterocycles. The Morgan fingerprint density at radius 2 is 2.06 bits per heavy atom. The zero-order chi connectivity index (χ0) is 12.1. The quantitative estimate of drug-likeness (QED) is 0.774.